The fourth-order valence-electron chi connectivity index (χ4n) is 1.43. The maximum Gasteiger partial charge on any atom is 0.331 e. The van der Waals surface area contributed by atoms with E-state index >= 15 is 0 Å². The van der Waals surface area contributed by atoms with Crippen molar-refractivity contribution in [1.82, 2.24) is 0 Å². The summed E-state index contributed by atoms with van der Waals surface area (Å²) < 4.78 is 6.21. The lowest BCUT2D eigenvalue weighted by atomic mass is 10.2. The van der Waals surface area contributed by atoms with Gasteiger partial charge in [0.1, 0.15) is 0 Å². The fourth-order valence-corrected chi connectivity index (χ4v) is 4.47. The minimum Gasteiger partial charge on any atom is -0.478 e. The molecule has 0 atom stereocenters. The van der Waals surface area contributed by atoms with E-state index in [1.54, 1.807) is 27.7 Å². The molecule has 124 valence electrons. The van der Waals surface area contributed by atoms with E-state index in [0.717, 1.165) is 4.91 Å². The molecule has 0 amide bonds. The van der Waals surface area contributed by atoms with Crippen LogP contribution in [0.2, 0.25) is 18.1 Å². The van der Waals surface area contributed by atoms with Gasteiger partial charge in [-0.3, -0.25) is 0 Å². The van der Waals surface area contributed by atoms with Crippen molar-refractivity contribution in [3.8, 4) is 0 Å². The Bertz CT molecular complexity index is 514. The Kier molecular flexibility index (Phi) is 7.04. The molecular formula is C16H26O3S2Si. The minimum absolute atomic E-state index is 0.210. The SMILES string of the molecule is CCC(=CC1=CC=C(CO[Si](C)(C)C(C)(C)C)SS1)C(=O)O. The van der Waals surface area contributed by atoms with E-state index in [2.05, 4.69) is 33.9 Å². The molecule has 6 heteroatoms. The number of carboxylic acids is 1. The second-order valence-corrected chi connectivity index (χ2v) is 13.9. The number of rotatable bonds is 6. The average Bonchev–Trinajstić information content (AvgIpc) is 2.42. The van der Waals surface area contributed by atoms with Crippen LogP contribution in [0.25, 0.3) is 0 Å². The lowest BCUT2D eigenvalue weighted by Gasteiger charge is -2.36. The van der Waals surface area contributed by atoms with Gasteiger partial charge in [0, 0.05) is 15.4 Å². The Hall–Kier alpha value is -0.433. The van der Waals surface area contributed by atoms with E-state index < -0.39 is 14.3 Å². The number of hydrogen-bond acceptors (Lipinski definition) is 4. The van der Waals surface area contributed by atoms with E-state index in [1.165, 1.54) is 4.91 Å². The molecule has 1 aliphatic rings. The molecule has 0 aromatic heterocycles. The summed E-state index contributed by atoms with van der Waals surface area (Å²) in [7, 11) is 1.53. The molecule has 1 aliphatic heterocycles. The summed E-state index contributed by atoms with van der Waals surface area (Å²) >= 11 is 0. The molecule has 22 heavy (non-hydrogen) atoms. The third-order valence-electron chi connectivity index (χ3n) is 4.03. The molecule has 0 spiro atoms. The third kappa shape index (κ3) is 5.65. The molecule has 0 fully saturated rings. The predicted molar refractivity (Wildman–Crippen MR) is 101 cm³/mol. The number of carbonyl (C=O) groups is 1. The average molecular weight is 359 g/mol. The lowest BCUT2D eigenvalue weighted by molar-refractivity contribution is -0.132. The van der Waals surface area contributed by atoms with Crippen LogP contribution >= 0.6 is 21.6 Å². The van der Waals surface area contributed by atoms with Crippen LogP contribution in [0.4, 0.5) is 0 Å². The van der Waals surface area contributed by atoms with Crippen molar-refractivity contribution < 1.29 is 14.3 Å². The van der Waals surface area contributed by atoms with Gasteiger partial charge in [-0.1, -0.05) is 49.3 Å². The first kappa shape index (κ1) is 19.6. The van der Waals surface area contributed by atoms with E-state index in [1.807, 2.05) is 19.1 Å². The highest BCUT2D eigenvalue weighted by atomic mass is 33.1. The molecule has 0 aromatic carbocycles. The van der Waals surface area contributed by atoms with Gasteiger partial charge < -0.3 is 9.53 Å². The zero-order valence-electron chi connectivity index (χ0n) is 14.2. The van der Waals surface area contributed by atoms with Crippen LogP contribution < -0.4 is 0 Å². The fraction of sp³-hybridized carbons (Fsp3) is 0.562. The van der Waals surface area contributed by atoms with Gasteiger partial charge in [0.15, 0.2) is 8.32 Å². The van der Waals surface area contributed by atoms with Gasteiger partial charge in [0.25, 0.3) is 0 Å². The van der Waals surface area contributed by atoms with Crippen molar-refractivity contribution in [3.63, 3.8) is 0 Å². The zero-order chi connectivity index (χ0) is 17.0. The highest BCUT2D eigenvalue weighted by molar-refractivity contribution is 8.79. The topological polar surface area (TPSA) is 46.5 Å². The van der Waals surface area contributed by atoms with Crippen molar-refractivity contribution in [2.75, 3.05) is 6.61 Å². The number of aliphatic carboxylic acids is 1. The first-order valence-electron chi connectivity index (χ1n) is 7.40. The molecule has 0 unspecified atom stereocenters. The van der Waals surface area contributed by atoms with Crippen LogP contribution in [-0.4, -0.2) is 26.0 Å². The Morgan fingerprint density at radius 2 is 1.95 bits per heavy atom. The highest BCUT2D eigenvalue weighted by Crippen LogP contribution is 2.43. The summed E-state index contributed by atoms with van der Waals surface area (Å²) in [4.78, 5) is 13.2. The van der Waals surface area contributed by atoms with E-state index in [0.29, 0.717) is 18.6 Å². The quantitative estimate of drug-likeness (QED) is 0.381. The Labute approximate surface area is 142 Å². The van der Waals surface area contributed by atoms with Gasteiger partial charge in [0.05, 0.1) is 6.61 Å². The Morgan fingerprint density at radius 1 is 1.32 bits per heavy atom. The first-order chi connectivity index (χ1) is 10.1. The smallest absolute Gasteiger partial charge is 0.331 e. The van der Waals surface area contributed by atoms with Crippen LogP contribution in [0.1, 0.15) is 34.1 Å². The van der Waals surface area contributed by atoms with E-state index in [9.17, 15) is 4.79 Å². The summed E-state index contributed by atoms with van der Waals surface area (Å²) in [6, 6.07) is 0. The summed E-state index contributed by atoms with van der Waals surface area (Å²) in [6.45, 7) is 13.7. The second-order valence-electron chi connectivity index (χ2n) is 6.75. The monoisotopic (exact) mass is 358 g/mol. The van der Waals surface area contributed by atoms with Crippen LogP contribution in [0.3, 0.4) is 0 Å². The number of carboxylic acid groups (broad SMARTS) is 1. The highest BCUT2D eigenvalue weighted by Gasteiger charge is 2.37. The molecule has 0 saturated carbocycles. The van der Waals surface area contributed by atoms with Crippen molar-refractivity contribution >= 4 is 35.9 Å². The van der Waals surface area contributed by atoms with Crippen molar-refractivity contribution in [1.29, 1.82) is 0 Å². The molecular weight excluding hydrogens is 332 g/mol. The normalized spacial score (nSPS) is 17.1. The van der Waals surface area contributed by atoms with Crippen LogP contribution in [0, 0.1) is 0 Å². The molecule has 1 N–H and O–H groups in total. The largest absolute Gasteiger partial charge is 0.478 e. The summed E-state index contributed by atoms with van der Waals surface area (Å²) in [5, 5.41) is 9.27. The van der Waals surface area contributed by atoms with Gasteiger partial charge in [-0.05, 0) is 42.8 Å². The molecule has 1 rings (SSSR count). The summed E-state index contributed by atoms with van der Waals surface area (Å²) in [5.41, 5.74) is 0.439. The van der Waals surface area contributed by atoms with Gasteiger partial charge in [-0.15, -0.1) is 0 Å². The van der Waals surface area contributed by atoms with Gasteiger partial charge in [0.2, 0.25) is 0 Å². The summed E-state index contributed by atoms with van der Waals surface area (Å²) in [6.07, 6.45) is 6.30. The predicted octanol–water partition coefficient (Wildman–Crippen LogP) is 5.59. The molecule has 0 aromatic rings. The zero-order valence-corrected chi connectivity index (χ0v) is 16.9. The van der Waals surface area contributed by atoms with Crippen LogP contribution in [0.5, 0.6) is 0 Å². The van der Waals surface area contributed by atoms with Gasteiger partial charge in [-0.25, -0.2) is 4.79 Å². The van der Waals surface area contributed by atoms with Gasteiger partial charge in [-0.2, -0.15) is 0 Å². The standard InChI is InChI=1S/C16H26O3S2Si/c1-7-12(15(17)18)10-13-8-9-14(21-20-13)11-19-22(5,6)16(2,3)4/h8-10H,7,11H2,1-6H3,(H,17,18). The Morgan fingerprint density at radius 3 is 2.36 bits per heavy atom. The molecule has 1 heterocycles. The van der Waals surface area contributed by atoms with Gasteiger partial charge >= 0.3 is 5.97 Å². The number of hydrogen-bond donors (Lipinski definition) is 1. The molecule has 0 saturated heterocycles. The molecule has 0 bridgehead atoms. The minimum atomic E-state index is -1.73. The van der Waals surface area contributed by atoms with Crippen molar-refractivity contribution in [2.45, 2.75) is 52.2 Å². The van der Waals surface area contributed by atoms with Crippen LogP contribution in [0.15, 0.2) is 33.6 Å². The third-order valence-corrected chi connectivity index (χ3v) is 11.0. The van der Waals surface area contributed by atoms with Crippen molar-refractivity contribution in [3.05, 3.63) is 33.6 Å². The molecule has 0 radical (unpaired) electrons. The summed E-state index contributed by atoms with van der Waals surface area (Å²) in [5.74, 6) is -0.843. The maximum absolute atomic E-state index is 11.0. The first-order valence-corrected chi connectivity index (χ1v) is 12.5. The molecule has 3 nitrogen and oxygen atoms in total. The van der Waals surface area contributed by atoms with Crippen molar-refractivity contribution in [2.24, 2.45) is 0 Å². The maximum atomic E-state index is 11.0. The lowest BCUT2D eigenvalue weighted by Crippen LogP contribution is -2.41. The molecule has 0 aliphatic carbocycles. The van der Waals surface area contributed by atoms with E-state index in [-0.39, 0.29) is 5.04 Å². The van der Waals surface area contributed by atoms with Crippen LogP contribution in [-0.2, 0) is 9.22 Å². The number of allylic oxidation sites excluding steroid dienone is 3. The second kappa shape index (κ2) is 7.90. The van der Waals surface area contributed by atoms with E-state index in [4.69, 9.17) is 9.53 Å². The Balaban J connectivity index is 2.70.